The van der Waals surface area contributed by atoms with Gasteiger partial charge < -0.3 is 10.0 Å². The summed E-state index contributed by atoms with van der Waals surface area (Å²) in [5.74, 6) is 0. The summed E-state index contributed by atoms with van der Waals surface area (Å²) in [4.78, 5) is 2.46. The average Bonchev–Trinajstić information content (AvgIpc) is 2.22. The van der Waals surface area contributed by atoms with Gasteiger partial charge in [-0.3, -0.25) is 0 Å². The Morgan fingerprint density at radius 1 is 0.933 bits per heavy atom. The van der Waals surface area contributed by atoms with E-state index in [1.165, 1.54) is 45.2 Å². The Labute approximate surface area is 94.7 Å². The second-order valence-corrected chi connectivity index (χ2v) is 4.98. The van der Waals surface area contributed by atoms with Crippen molar-refractivity contribution in [1.82, 2.24) is 4.90 Å². The highest BCUT2D eigenvalue weighted by Crippen LogP contribution is 2.19. The lowest BCUT2D eigenvalue weighted by Crippen LogP contribution is -2.43. The molecule has 1 saturated heterocycles. The summed E-state index contributed by atoms with van der Waals surface area (Å²) in [5.41, 5.74) is -0.445. The van der Waals surface area contributed by atoms with E-state index in [2.05, 4.69) is 18.7 Å². The molecule has 1 aliphatic heterocycles. The fraction of sp³-hybridized carbons (Fsp3) is 1.00. The van der Waals surface area contributed by atoms with Gasteiger partial charge in [0.2, 0.25) is 0 Å². The number of likely N-dealkylation sites (tertiary alicyclic amines) is 1. The summed E-state index contributed by atoms with van der Waals surface area (Å²) in [7, 11) is 0. The van der Waals surface area contributed by atoms with E-state index in [0.29, 0.717) is 0 Å². The van der Waals surface area contributed by atoms with E-state index in [-0.39, 0.29) is 0 Å². The van der Waals surface area contributed by atoms with Crippen molar-refractivity contribution in [3.63, 3.8) is 0 Å². The predicted octanol–water partition coefficient (Wildman–Crippen LogP) is 2.80. The Bertz CT molecular complexity index is 158. The topological polar surface area (TPSA) is 23.5 Å². The van der Waals surface area contributed by atoms with Crippen molar-refractivity contribution in [2.24, 2.45) is 0 Å². The van der Waals surface area contributed by atoms with Crippen LogP contribution < -0.4 is 0 Å². The largest absolute Gasteiger partial charge is 0.389 e. The van der Waals surface area contributed by atoms with Crippen LogP contribution in [0.5, 0.6) is 0 Å². The van der Waals surface area contributed by atoms with Gasteiger partial charge in [0, 0.05) is 6.54 Å². The number of hydrogen-bond acceptors (Lipinski definition) is 2. The first-order chi connectivity index (χ1) is 7.20. The molecule has 1 fully saturated rings. The molecule has 0 aromatic heterocycles. The zero-order valence-corrected chi connectivity index (χ0v) is 10.5. The third-order valence-corrected chi connectivity index (χ3v) is 3.78. The van der Waals surface area contributed by atoms with Gasteiger partial charge in [0.1, 0.15) is 0 Å². The van der Waals surface area contributed by atoms with E-state index in [9.17, 15) is 5.11 Å². The SMILES string of the molecule is CCC(O)(CC)CN1CCCCCCC1. The number of hydrogen-bond donors (Lipinski definition) is 1. The summed E-state index contributed by atoms with van der Waals surface area (Å²) in [5, 5.41) is 10.3. The summed E-state index contributed by atoms with van der Waals surface area (Å²) < 4.78 is 0. The van der Waals surface area contributed by atoms with E-state index in [1.54, 1.807) is 0 Å². The number of nitrogens with zero attached hydrogens (tertiary/aromatic N) is 1. The average molecular weight is 213 g/mol. The first-order valence-corrected chi connectivity index (χ1v) is 6.65. The van der Waals surface area contributed by atoms with Gasteiger partial charge in [-0.25, -0.2) is 0 Å². The molecule has 0 aromatic carbocycles. The zero-order chi connectivity index (χ0) is 11.1. The van der Waals surface area contributed by atoms with Gasteiger partial charge in [0.25, 0.3) is 0 Å². The van der Waals surface area contributed by atoms with E-state index in [4.69, 9.17) is 0 Å². The molecule has 1 N–H and O–H groups in total. The van der Waals surface area contributed by atoms with Crippen LogP contribution in [0.2, 0.25) is 0 Å². The number of β-amino-alcohol motifs (C(OH)–C–C–N with tert-alkyl or cyclic N) is 1. The van der Waals surface area contributed by atoms with Gasteiger partial charge in [-0.05, 0) is 38.8 Å². The summed E-state index contributed by atoms with van der Waals surface area (Å²) in [6.07, 6.45) is 8.51. The van der Waals surface area contributed by atoms with Crippen molar-refractivity contribution in [1.29, 1.82) is 0 Å². The van der Waals surface area contributed by atoms with E-state index in [0.717, 1.165) is 19.4 Å². The zero-order valence-electron chi connectivity index (χ0n) is 10.5. The van der Waals surface area contributed by atoms with E-state index < -0.39 is 5.60 Å². The minimum absolute atomic E-state index is 0.445. The first kappa shape index (κ1) is 13.0. The minimum Gasteiger partial charge on any atom is -0.389 e. The molecule has 1 heterocycles. The summed E-state index contributed by atoms with van der Waals surface area (Å²) >= 11 is 0. The third kappa shape index (κ3) is 4.52. The lowest BCUT2D eigenvalue weighted by Gasteiger charge is -2.34. The molecule has 0 radical (unpaired) electrons. The minimum atomic E-state index is -0.445. The molecular formula is C13H27NO. The van der Waals surface area contributed by atoms with Crippen LogP contribution in [-0.4, -0.2) is 35.2 Å². The van der Waals surface area contributed by atoms with Crippen molar-refractivity contribution in [3.8, 4) is 0 Å². The van der Waals surface area contributed by atoms with Crippen LogP contribution in [0.3, 0.4) is 0 Å². The molecule has 0 spiro atoms. The maximum atomic E-state index is 10.3. The molecule has 0 aromatic rings. The van der Waals surface area contributed by atoms with Gasteiger partial charge in [-0.15, -0.1) is 0 Å². The molecule has 0 bridgehead atoms. The highest BCUT2D eigenvalue weighted by atomic mass is 16.3. The summed E-state index contributed by atoms with van der Waals surface area (Å²) in [6.45, 7) is 7.42. The van der Waals surface area contributed by atoms with Gasteiger partial charge >= 0.3 is 0 Å². The molecule has 0 atom stereocenters. The number of aliphatic hydroxyl groups is 1. The Hall–Kier alpha value is -0.0800. The lowest BCUT2D eigenvalue weighted by atomic mass is 9.96. The Balaban J connectivity index is 2.39. The van der Waals surface area contributed by atoms with Crippen molar-refractivity contribution in [3.05, 3.63) is 0 Å². The Morgan fingerprint density at radius 3 is 1.87 bits per heavy atom. The monoisotopic (exact) mass is 213 g/mol. The normalized spacial score (nSPS) is 21.0. The number of rotatable bonds is 4. The molecular weight excluding hydrogens is 186 g/mol. The van der Waals surface area contributed by atoms with Gasteiger partial charge in [0.15, 0.2) is 0 Å². The molecule has 0 unspecified atom stereocenters. The Kier molecular flexibility index (Phi) is 5.62. The molecule has 0 saturated carbocycles. The van der Waals surface area contributed by atoms with Crippen LogP contribution in [0, 0.1) is 0 Å². The molecule has 2 nitrogen and oxygen atoms in total. The smallest absolute Gasteiger partial charge is 0.0768 e. The second kappa shape index (κ2) is 6.49. The van der Waals surface area contributed by atoms with Crippen LogP contribution in [0.15, 0.2) is 0 Å². The van der Waals surface area contributed by atoms with Crippen LogP contribution in [0.4, 0.5) is 0 Å². The highest BCUT2D eigenvalue weighted by molar-refractivity contribution is 4.80. The molecule has 15 heavy (non-hydrogen) atoms. The van der Waals surface area contributed by atoms with Crippen molar-refractivity contribution in [2.45, 2.75) is 64.4 Å². The maximum absolute atomic E-state index is 10.3. The first-order valence-electron chi connectivity index (χ1n) is 6.65. The molecule has 1 aliphatic rings. The quantitative estimate of drug-likeness (QED) is 0.776. The fourth-order valence-electron chi connectivity index (χ4n) is 2.36. The van der Waals surface area contributed by atoms with Crippen molar-refractivity contribution >= 4 is 0 Å². The van der Waals surface area contributed by atoms with Crippen LogP contribution in [0.25, 0.3) is 0 Å². The standard InChI is InChI=1S/C13H27NO/c1-3-13(15,4-2)12-14-10-8-6-5-7-9-11-14/h15H,3-12H2,1-2H3. The van der Waals surface area contributed by atoms with E-state index >= 15 is 0 Å². The van der Waals surface area contributed by atoms with Crippen LogP contribution >= 0.6 is 0 Å². The highest BCUT2D eigenvalue weighted by Gasteiger charge is 2.25. The van der Waals surface area contributed by atoms with Crippen molar-refractivity contribution < 1.29 is 5.11 Å². The molecule has 90 valence electrons. The molecule has 0 amide bonds. The van der Waals surface area contributed by atoms with Crippen molar-refractivity contribution in [2.75, 3.05) is 19.6 Å². The van der Waals surface area contributed by atoms with Gasteiger partial charge in [-0.1, -0.05) is 33.1 Å². The lowest BCUT2D eigenvalue weighted by molar-refractivity contribution is -0.00505. The van der Waals surface area contributed by atoms with Gasteiger partial charge in [-0.2, -0.15) is 0 Å². The molecule has 0 aliphatic carbocycles. The van der Waals surface area contributed by atoms with Gasteiger partial charge in [0.05, 0.1) is 5.60 Å². The fourth-order valence-corrected chi connectivity index (χ4v) is 2.36. The van der Waals surface area contributed by atoms with Crippen LogP contribution in [-0.2, 0) is 0 Å². The molecule has 2 heteroatoms. The summed E-state index contributed by atoms with van der Waals surface area (Å²) in [6, 6.07) is 0. The Morgan fingerprint density at radius 2 is 1.40 bits per heavy atom. The second-order valence-electron chi connectivity index (χ2n) is 4.98. The molecule has 1 rings (SSSR count). The maximum Gasteiger partial charge on any atom is 0.0768 e. The van der Waals surface area contributed by atoms with E-state index in [1.807, 2.05) is 0 Å². The predicted molar refractivity (Wildman–Crippen MR) is 65.1 cm³/mol. The van der Waals surface area contributed by atoms with Crippen LogP contribution in [0.1, 0.15) is 58.8 Å². The third-order valence-electron chi connectivity index (χ3n) is 3.78.